The standard InChI is InChI=1S/C21H32N4O2.HI/c1-2-22-21(25-18-9-3-4-10-18)24-14-16-7-5-8-17(13-16)20(26)23-15-19-11-6-12-27-19;/h5,7-8,13,18-19H,2-4,6,9-12,14-15H2,1H3,(H,23,26)(H2,22,24,25);1H. The molecule has 7 heteroatoms. The SMILES string of the molecule is CCNC(=NCc1cccc(C(=O)NCC2CCCO2)c1)NC1CCCC1.I. The maximum Gasteiger partial charge on any atom is 0.251 e. The average molecular weight is 500 g/mol. The van der Waals surface area contributed by atoms with E-state index in [0.717, 1.165) is 37.5 Å². The molecular formula is C21H33IN4O2. The molecule has 1 heterocycles. The molecule has 0 radical (unpaired) electrons. The first-order valence-corrected chi connectivity index (χ1v) is 10.3. The fourth-order valence-corrected chi connectivity index (χ4v) is 3.68. The van der Waals surface area contributed by atoms with Crippen molar-refractivity contribution in [3.05, 3.63) is 35.4 Å². The molecule has 1 aliphatic heterocycles. The van der Waals surface area contributed by atoms with Crippen LogP contribution in [0.4, 0.5) is 0 Å². The van der Waals surface area contributed by atoms with E-state index in [0.29, 0.717) is 24.7 Å². The Bertz CT molecular complexity index is 641. The van der Waals surface area contributed by atoms with Crippen molar-refractivity contribution in [1.82, 2.24) is 16.0 Å². The maximum atomic E-state index is 12.4. The van der Waals surface area contributed by atoms with Crippen LogP contribution in [0.15, 0.2) is 29.3 Å². The summed E-state index contributed by atoms with van der Waals surface area (Å²) in [6.07, 6.45) is 7.27. The van der Waals surface area contributed by atoms with E-state index in [-0.39, 0.29) is 36.0 Å². The zero-order valence-corrected chi connectivity index (χ0v) is 19.0. The summed E-state index contributed by atoms with van der Waals surface area (Å²) < 4.78 is 5.56. The number of amides is 1. The summed E-state index contributed by atoms with van der Waals surface area (Å²) in [6.45, 7) is 4.85. The minimum absolute atomic E-state index is 0. The first kappa shape index (κ1) is 22.9. The summed E-state index contributed by atoms with van der Waals surface area (Å²) in [4.78, 5) is 17.1. The summed E-state index contributed by atoms with van der Waals surface area (Å²) in [5.74, 6) is 0.810. The Kier molecular flexibility index (Phi) is 10.0. The van der Waals surface area contributed by atoms with Crippen LogP contribution >= 0.6 is 24.0 Å². The van der Waals surface area contributed by atoms with Crippen molar-refractivity contribution in [3.8, 4) is 0 Å². The van der Waals surface area contributed by atoms with Crippen LogP contribution in [0.5, 0.6) is 0 Å². The first-order valence-electron chi connectivity index (χ1n) is 10.3. The van der Waals surface area contributed by atoms with Crippen molar-refractivity contribution >= 4 is 35.8 Å². The van der Waals surface area contributed by atoms with Crippen molar-refractivity contribution in [2.75, 3.05) is 19.7 Å². The van der Waals surface area contributed by atoms with Gasteiger partial charge in [-0.25, -0.2) is 4.99 Å². The van der Waals surface area contributed by atoms with Crippen molar-refractivity contribution in [2.45, 2.75) is 64.1 Å². The lowest BCUT2D eigenvalue weighted by Crippen LogP contribution is -2.42. The molecule has 156 valence electrons. The van der Waals surface area contributed by atoms with E-state index < -0.39 is 0 Å². The molecule has 3 rings (SSSR count). The van der Waals surface area contributed by atoms with Gasteiger partial charge in [-0.05, 0) is 50.3 Å². The molecule has 2 fully saturated rings. The number of carbonyl (C=O) groups excluding carboxylic acids is 1. The average Bonchev–Trinajstić information content (AvgIpc) is 3.38. The lowest BCUT2D eigenvalue weighted by Gasteiger charge is -2.16. The molecule has 28 heavy (non-hydrogen) atoms. The second-order valence-electron chi connectivity index (χ2n) is 7.37. The Balaban J connectivity index is 0.00000280. The highest BCUT2D eigenvalue weighted by atomic mass is 127. The van der Waals surface area contributed by atoms with Crippen LogP contribution in [0.1, 0.15) is 61.4 Å². The van der Waals surface area contributed by atoms with E-state index in [4.69, 9.17) is 9.73 Å². The van der Waals surface area contributed by atoms with Gasteiger partial charge in [0.05, 0.1) is 12.6 Å². The third-order valence-electron chi connectivity index (χ3n) is 5.16. The molecule has 1 saturated heterocycles. The Morgan fingerprint density at radius 2 is 2.00 bits per heavy atom. The monoisotopic (exact) mass is 500 g/mol. The van der Waals surface area contributed by atoms with Gasteiger partial charge in [0.25, 0.3) is 5.91 Å². The molecule has 1 aromatic rings. The van der Waals surface area contributed by atoms with Gasteiger partial charge in [-0.2, -0.15) is 0 Å². The number of hydrogen-bond donors (Lipinski definition) is 3. The van der Waals surface area contributed by atoms with Gasteiger partial charge in [0, 0.05) is 31.3 Å². The van der Waals surface area contributed by atoms with E-state index in [1.54, 1.807) is 0 Å². The highest BCUT2D eigenvalue weighted by molar-refractivity contribution is 14.0. The number of nitrogens with zero attached hydrogens (tertiary/aromatic N) is 1. The molecular weight excluding hydrogens is 467 g/mol. The molecule has 1 aliphatic carbocycles. The van der Waals surface area contributed by atoms with Crippen LogP contribution < -0.4 is 16.0 Å². The minimum atomic E-state index is -0.0488. The van der Waals surface area contributed by atoms with Gasteiger partial charge in [0.1, 0.15) is 0 Å². The van der Waals surface area contributed by atoms with Gasteiger partial charge in [-0.15, -0.1) is 24.0 Å². The molecule has 3 N–H and O–H groups in total. The first-order chi connectivity index (χ1) is 13.2. The Morgan fingerprint density at radius 1 is 1.18 bits per heavy atom. The van der Waals surface area contributed by atoms with Gasteiger partial charge in [-0.3, -0.25) is 4.79 Å². The summed E-state index contributed by atoms with van der Waals surface area (Å²) in [7, 11) is 0. The Morgan fingerprint density at radius 3 is 2.71 bits per heavy atom. The number of rotatable bonds is 7. The fraction of sp³-hybridized carbons (Fsp3) is 0.619. The minimum Gasteiger partial charge on any atom is -0.376 e. The van der Waals surface area contributed by atoms with E-state index in [1.165, 1.54) is 25.7 Å². The summed E-state index contributed by atoms with van der Waals surface area (Å²) in [6, 6.07) is 8.23. The molecule has 6 nitrogen and oxygen atoms in total. The second kappa shape index (κ2) is 12.3. The highest BCUT2D eigenvalue weighted by Crippen LogP contribution is 2.17. The van der Waals surface area contributed by atoms with Crippen molar-refractivity contribution in [1.29, 1.82) is 0 Å². The third kappa shape index (κ3) is 7.24. The Hall–Kier alpha value is -1.35. The molecule has 1 unspecified atom stereocenters. The largest absolute Gasteiger partial charge is 0.376 e. The molecule has 0 spiro atoms. The number of aliphatic imine (C=N–C) groups is 1. The molecule has 1 aromatic carbocycles. The molecule has 0 aromatic heterocycles. The van der Waals surface area contributed by atoms with Gasteiger partial charge >= 0.3 is 0 Å². The zero-order valence-electron chi connectivity index (χ0n) is 16.7. The number of guanidine groups is 1. The predicted octanol–water partition coefficient (Wildman–Crippen LogP) is 3.21. The van der Waals surface area contributed by atoms with Gasteiger partial charge < -0.3 is 20.7 Å². The number of carbonyl (C=O) groups is 1. The molecule has 0 bridgehead atoms. The van der Waals surface area contributed by atoms with Gasteiger partial charge in [0.15, 0.2) is 5.96 Å². The highest BCUT2D eigenvalue weighted by Gasteiger charge is 2.17. The third-order valence-corrected chi connectivity index (χ3v) is 5.16. The number of halogens is 1. The van der Waals surface area contributed by atoms with Crippen LogP contribution in [0.3, 0.4) is 0 Å². The van der Waals surface area contributed by atoms with Crippen LogP contribution in [0.2, 0.25) is 0 Å². The van der Waals surface area contributed by atoms with Crippen LogP contribution in [0.25, 0.3) is 0 Å². The fourth-order valence-electron chi connectivity index (χ4n) is 3.68. The number of ether oxygens (including phenoxy) is 1. The lowest BCUT2D eigenvalue weighted by atomic mass is 10.1. The number of nitrogens with one attached hydrogen (secondary N) is 3. The Labute approximate surface area is 185 Å². The van der Waals surface area contributed by atoms with E-state index in [1.807, 2.05) is 24.3 Å². The number of hydrogen-bond acceptors (Lipinski definition) is 3. The van der Waals surface area contributed by atoms with E-state index in [9.17, 15) is 4.79 Å². The van der Waals surface area contributed by atoms with Crippen LogP contribution in [0, 0.1) is 0 Å². The summed E-state index contributed by atoms with van der Waals surface area (Å²) in [5, 5.41) is 9.81. The van der Waals surface area contributed by atoms with Gasteiger partial charge in [0.2, 0.25) is 0 Å². The maximum absolute atomic E-state index is 12.4. The smallest absolute Gasteiger partial charge is 0.251 e. The summed E-state index contributed by atoms with van der Waals surface area (Å²) in [5.41, 5.74) is 1.71. The quantitative estimate of drug-likeness (QED) is 0.306. The second-order valence-corrected chi connectivity index (χ2v) is 7.37. The van der Waals surface area contributed by atoms with E-state index in [2.05, 4.69) is 22.9 Å². The van der Waals surface area contributed by atoms with Crippen molar-refractivity contribution in [2.24, 2.45) is 4.99 Å². The van der Waals surface area contributed by atoms with Crippen molar-refractivity contribution < 1.29 is 9.53 Å². The summed E-state index contributed by atoms with van der Waals surface area (Å²) >= 11 is 0. The molecule has 1 amide bonds. The normalized spacial score (nSPS) is 19.9. The zero-order chi connectivity index (χ0) is 18.9. The van der Waals surface area contributed by atoms with Crippen molar-refractivity contribution in [3.63, 3.8) is 0 Å². The van der Waals surface area contributed by atoms with Gasteiger partial charge in [-0.1, -0.05) is 25.0 Å². The molecule has 2 aliphatic rings. The lowest BCUT2D eigenvalue weighted by molar-refractivity contribution is 0.0857. The van der Waals surface area contributed by atoms with Crippen LogP contribution in [-0.2, 0) is 11.3 Å². The van der Waals surface area contributed by atoms with E-state index >= 15 is 0 Å². The number of benzene rings is 1. The molecule has 1 saturated carbocycles. The van der Waals surface area contributed by atoms with Crippen LogP contribution in [-0.4, -0.2) is 43.7 Å². The predicted molar refractivity (Wildman–Crippen MR) is 123 cm³/mol. The molecule has 1 atom stereocenters. The topological polar surface area (TPSA) is 74.8 Å².